The topological polar surface area (TPSA) is 26.3 Å². The SMILES string of the molecule is O=C1COCc2cc(Br)ccc2-c2ccc(Br)cc21. The van der Waals surface area contributed by atoms with Crippen LogP contribution in [0.15, 0.2) is 45.3 Å². The second-order valence-electron chi connectivity index (χ2n) is 4.41. The standard InChI is InChI=1S/C15H10Br2O2/c16-10-1-3-12-9(5-10)7-19-8-15(18)14-6-11(17)2-4-13(12)14/h1-6H,7-8H2. The zero-order valence-electron chi connectivity index (χ0n) is 9.95. The van der Waals surface area contributed by atoms with E-state index < -0.39 is 0 Å². The lowest BCUT2D eigenvalue weighted by Crippen LogP contribution is -2.14. The molecule has 0 fully saturated rings. The highest BCUT2D eigenvalue weighted by atomic mass is 79.9. The van der Waals surface area contributed by atoms with Gasteiger partial charge in [0, 0.05) is 14.5 Å². The molecule has 1 aliphatic heterocycles. The van der Waals surface area contributed by atoms with Gasteiger partial charge in [-0.1, -0.05) is 44.0 Å². The molecule has 3 rings (SSSR count). The summed E-state index contributed by atoms with van der Waals surface area (Å²) in [4.78, 5) is 12.1. The number of halogens is 2. The monoisotopic (exact) mass is 380 g/mol. The van der Waals surface area contributed by atoms with E-state index in [-0.39, 0.29) is 12.4 Å². The van der Waals surface area contributed by atoms with Crippen molar-refractivity contribution in [3.63, 3.8) is 0 Å². The number of rotatable bonds is 0. The van der Waals surface area contributed by atoms with Crippen molar-refractivity contribution in [2.24, 2.45) is 0 Å². The summed E-state index contributed by atoms with van der Waals surface area (Å²) in [6.45, 7) is 0.575. The van der Waals surface area contributed by atoms with Gasteiger partial charge in [-0.25, -0.2) is 0 Å². The molecule has 0 amide bonds. The molecular weight excluding hydrogens is 372 g/mol. The smallest absolute Gasteiger partial charge is 0.189 e. The molecule has 0 unspecified atom stereocenters. The average Bonchev–Trinajstić information content (AvgIpc) is 2.38. The summed E-state index contributed by atoms with van der Waals surface area (Å²) in [5.74, 6) is 0.0184. The van der Waals surface area contributed by atoms with Crippen LogP contribution in [0.5, 0.6) is 0 Å². The van der Waals surface area contributed by atoms with E-state index in [9.17, 15) is 4.79 Å². The molecule has 0 aliphatic carbocycles. The fourth-order valence-corrected chi connectivity index (χ4v) is 3.03. The number of hydrogen-bond acceptors (Lipinski definition) is 2. The second-order valence-corrected chi connectivity index (χ2v) is 6.24. The number of fused-ring (bicyclic) bond motifs is 3. The number of Topliss-reactive ketones (excluding diaryl/α,β-unsaturated/α-hetero) is 1. The van der Waals surface area contributed by atoms with Crippen molar-refractivity contribution < 1.29 is 9.53 Å². The van der Waals surface area contributed by atoms with E-state index in [1.165, 1.54) is 0 Å². The molecule has 0 spiro atoms. The highest BCUT2D eigenvalue weighted by Gasteiger charge is 2.19. The Kier molecular flexibility index (Phi) is 3.56. The van der Waals surface area contributed by atoms with Crippen molar-refractivity contribution in [3.8, 4) is 11.1 Å². The molecule has 0 aromatic heterocycles. The van der Waals surface area contributed by atoms with Crippen molar-refractivity contribution in [2.75, 3.05) is 6.61 Å². The number of hydrogen-bond donors (Lipinski definition) is 0. The van der Waals surface area contributed by atoms with Crippen molar-refractivity contribution in [1.82, 2.24) is 0 Å². The molecule has 19 heavy (non-hydrogen) atoms. The van der Waals surface area contributed by atoms with Crippen LogP contribution in [-0.2, 0) is 11.3 Å². The number of ether oxygens (including phenoxy) is 1. The first-order valence-electron chi connectivity index (χ1n) is 5.84. The zero-order valence-corrected chi connectivity index (χ0v) is 13.1. The molecule has 0 N–H and O–H groups in total. The van der Waals surface area contributed by atoms with Crippen molar-refractivity contribution in [2.45, 2.75) is 6.61 Å². The molecule has 2 nitrogen and oxygen atoms in total. The maximum absolute atomic E-state index is 12.1. The van der Waals surface area contributed by atoms with Gasteiger partial charge in [-0.05, 0) is 41.0 Å². The maximum Gasteiger partial charge on any atom is 0.189 e. The van der Waals surface area contributed by atoms with Gasteiger partial charge in [0.1, 0.15) is 6.61 Å². The first-order chi connectivity index (χ1) is 9.15. The van der Waals surface area contributed by atoms with Gasteiger partial charge in [0.15, 0.2) is 5.78 Å². The summed E-state index contributed by atoms with van der Waals surface area (Å²) in [5, 5.41) is 0. The molecule has 0 bridgehead atoms. The predicted octanol–water partition coefficient (Wildman–Crippen LogP) is 4.59. The summed E-state index contributed by atoms with van der Waals surface area (Å²) in [6, 6.07) is 11.8. The highest BCUT2D eigenvalue weighted by Crippen LogP contribution is 2.33. The molecule has 0 saturated heterocycles. The van der Waals surface area contributed by atoms with Gasteiger partial charge in [0.05, 0.1) is 6.61 Å². The Morgan fingerprint density at radius 2 is 1.53 bits per heavy atom. The van der Waals surface area contributed by atoms with E-state index in [2.05, 4.69) is 31.9 Å². The van der Waals surface area contributed by atoms with Gasteiger partial charge in [-0.3, -0.25) is 4.79 Å². The van der Waals surface area contributed by atoms with Gasteiger partial charge in [-0.15, -0.1) is 0 Å². The molecule has 0 atom stereocenters. The van der Waals surface area contributed by atoms with Crippen LogP contribution in [0.1, 0.15) is 15.9 Å². The summed E-state index contributed by atoms with van der Waals surface area (Å²) >= 11 is 6.88. The molecule has 1 aliphatic rings. The number of ketones is 1. The van der Waals surface area contributed by atoms with E-state index in [1.54, 1.807) is 0 Å². The van der Waals surface area contributed by atoms with E-state index in [1.807, 2.05) is 36.4 Å². The first-order valence-corrected chi connectivity index (χ1v) is 7.43. The molecule has 4 heteroatoms. The Hall–Kier alpha value is -0.970. The van der Waals surface area contributed by atoms with Crippen LogP contribution in [0.2, 0.25) is 0 Å². The molecular formula is C15H10Br2O2. The summed E-state index contributed by atoms with van der Waals surface area (Å²) in [5.41, 5.74) is 3.82. The minimum Gasteiger partial charge on any atom is -0.369 e. The van der Waals surface area contributed by atoms with Crippen molar-refractivity contribution >= 4 is 37.6 Å². The fraction of sp³-hybridized carbons (Fsp3) is 0.133. The van der Waals surface area contributed by atoms with Gasteiger partial charge in [-0.2, -0.15) is 0 Å². The van der Waals surface area contributed by atoms with Gasteiger partial charge >= 0.3 is 0 Å². The lowest BCUT2D eigenvalue weighted by molar-refractivity contribution is 0.0723. The van der Waals surface area contributed by atoms with E-state index in [0.717, 1.165) is 25.6 Å². The fourth-order valence-electron chi connectivity index (χ4n) is 2.26. The van der Waals surface area contributed by atoms with Crippen LogP contribution in [-0.4, -0.2) is 12.4 Å². The average molecular weight is 382 g/mol. The lowest BCUT2D eigenvalue weighted by atomic mass is 9.93. The van der Waals surface area contributed by atoms with Crippen LogP contribution in [0.4, 0.5) is 0 Å². The van der Waals surface area contributed by atoms with Crippen molar-refractivity contribution in [3.05, 3.63) is 56.5 Å². The Morgan fingerprint density at radius 1 is 0.842 bits per heavy atom. The Bertz CT molecular complexity index is 665. The zero-order chi connectivity index (χ0) is 13.4. The van der Waals surface area contributed by atoms with Crippen molar-refractivity contribution in [1.29, 1.82) is 0 Å². The molecule has 2 aromatic rings. The second kappa shape index (κ2) is 5.19. The lowest BCUT2D eigenvalue weighted by Gasteiger charge is -2.17. The van der Waals surface area contributed by atoms with Crippen LogP contribution >= 0.6 is 31.9 Å². The maximum atomic E-state index is 12.1. The van der Waals surface area contributed by atoms with Crippen LogP contribution in [0, 0.1) is 0 Å². The number of benzene rings is 2. The number of carbonyl (C=O) groups excluding carboxylic acids is 1. The van der Waals surface area contributed by atoms with Gasteiger partial charge in [0.2, 0.25) is 0 Å². The van der Waals surface area contributed by atoms with Crippen LogP contribution in [0.25, 0.3) is 11.1 Å². The molecule has 0 radical (unpaired) electrons. The summed E-state index contributed by atoms with van der Waals surface area (Å²) in [7, 11) is 0. The van der Waals surface area contributed by atoms with Gasteiger partial charge < -0.3 is 4.74 Å². The van der Waals surface area contributed by atoms with Gasteiger partial charge in [0.25, 0.3) is 0 Å². The summed E-state index contributed by atoms with van der Waals surface area (Å²) < 4.78 is 7.40. The molecule has 0 saturated carbocycles. The van der Waals surface area contributed by atoms with E-state index in [4.69, 9.17) is 4.74 Å². The first kappa shape index (κ1) is 13.0. The Balaban J connectivity index is 2.28. The third kappa shape index (κ3) is 2.53. The largest absolute Gasteiger partial charge is 0.369 e. The Morgan fingerprint density at radius 3 is 2.32 bits per heavy atom. The predicted molar refractivity (Wildman–Crippen MR) is 81.3 cm³/mol. The molecule has 96 valence electrons. The van der Waals surface area contributed by atoms with E-state index >= 15 is 0 Å². The minimum atomic E-state index is 0.0184. The third-order valence-corrected chi connectivity index (χ3v) is 4.12. The minimum absolute atomic E-state index is 0.0184. The van der Waals surface area contributed by atoms with Crippen LogP contribution < -0.4 is 0 Å². The summed E-state index contributed by atoms with van der Waals surface area (Å²) in [6.07, 6.45) is 0. The normalized spacial score (nSPS) is 14.3. The Labute approximate surface area is 128 Å². The van der Waals surface area contributed by atoms with E-state index in [0.29, 0.717) is 12.2 Å². The number of carbonyl (C=O) groups is 1. The third-order valence-electron chi connectivity index (χ3n) is 3.13. The highest BCUT2D eigenvalue weighted by molar-refractivity contribution is 9.10. The van der Waals surface area contributed by atoms with Crippen LogP contribution in [0.3, 0.4) is 0 Å². The molecule has 2 aromatic carbocycles. The quantitative estimate of drug-likeness (QED) is 0.667. The molecule has 1 heterocycles.